The van der Waals surface area contributed by atoms with Crippen molar-refractivity contribution in [3.05, 3.63) is 15.8 Å². The molecule has 0 spiro atoms. The van der Waals surface area contributed by atoms with E-state index >= 15 is 0 Å². The lowest BCUT2D eigenvalue weighted by molar-refractivity contribution is -0.111. The molecule has 1 N–H and O–H groups in total. The smallest absolute Gasteiger partial charge is 0.348 e. The summed E-state index contributed by atoms with van der Waals surface area (Å²) >= 11 is 0.988. The standard InChI is InChI=1S/C14H15NO4S.C7H14.C6H11NO.C2H6/c1-14(2,3)5-4-10-8-11(12(20-10)13(18)19)15(9-17)6-7-16;1-7-5-3-2-4-6-7;1-7-3-6-2-5(7)4-8-6;1-2/h7-9H,6H2,1-3H3,(H,18,19);7H,2-6H2,1H3;5-6H,2-4H2,1H3;1-2H3. The van der Waals surface area contributed by atoms with Crippen molar-refractivity contribution in [2.75, 3.05) is 31.6 Å². The zero-order valence-corrected chi connectivity index (χ0v) is 24.5. The number of ether oxygens (including phenoxy) is 1. The molecule has 7 nitrogen and oxygen atoms in total. The zero-order chi connectivity index (χ0) is 28.0. The molecule has 3 fully saturated rings. The molecule has 208 valence electrons. The largest absolute Gasteiger partial charge is 0.477 e. The quantitative estimate of drug-likeness (QED) is 0.385. The lowest BCUT2D eigenvalue weighted by Gasteiger charge is -2.21. The zero-order valence-electron chi connectivity index (χ0n) is 23.7. The number of carbonyl (C=O) groups excluding carboxylic acids is 2. The maximum absolute atomic E-state index is 11.2. The Morgan fingerprint density at radius 3 is 2.24 bits per heavy atom. The first-order chi connectivity index (χ1) is 17.5. The van der Waals surface area contributed by atoms with Crippen molar-refractivity contribution in [3.8, 4) is 11.8 Å². The number of fused-ring (bicyclic) bond motifs is 2. The number of aldehydes is 1. The number of aromatic carboxylic acids is 1. The summed E-state index contributed by atoms with van der Waals surface area (Å²) in [5.41, 5.74) is -0.0106. The van der Waals surface area contributed by atoms with E-state index in [1.54, 1.807) is 0 Å². The number of morpholine rings is 1. The van der Waals surface area contributed by atoms with Gasteiger partial charge in [-0.05, 0) is 46.2 Å². The molecular weight excluding hydrogens is 488 g/mol. The van der Waals surface area contributed by atoms with E-state index in [1.807, 2.05) is 34.6 Å². The molecule has 8 heteroatoms. The molecule has 1 aromatic heterocycles. The highest BCUT2D eigenvalue weighted by atomic mass is 32.1. The summed E-state index contributed by atoms with van der Waals surface area (Å²) in [5, 5.41) is 9.15. The van der Waals surface area contributed by atoms with Gasteiger partial charge in [0.25, 0.3) is 0 Å². The first-order valence-corrected chi connectivity index (χ1v) is 14.2. The van der Waals surface area contributed by atoms with Gasteiger partial charge in [-0.3, -0.25) is 9.69 Å². The summed E-state index contributed by atoms with van der Waals surface area (Å²) in [7, 11) is 2.17. The minimum atomic E-state index is -1.15. The summed E-state index contributed by atoms with van der Waals surface area (Å²) in [6, 6.07) is 2.27. The average Bonchev–Trinajstić information content (AvgIpc) is 3.59. The van der Waals surface area contributed by atoms with Crippen LogP contribution in [0.5, 0.6) is 0 Å². The average molecular weight is 535 g/mol. The number of hydrogen-bond acceptors (Lipinski definition) is 6. The Morgan fingerprint density at radius 1 is 1.24 bits per heavy atom. The van der Waals surface area contributed by atoms with E-state index in [0.29, 0.717) is 23.7 Å². The van der Waals surface area contributed by atoms with Gasteiger partial charge < -0.3 is 19.5 Å². The van der Waals surface area contributed by atoms with Gasteiger partial charge >= 0.3 is 5.97 Å². The second-order valence-electron chi connectivity index (χ2n) is 10.6. The van der Waals surface area contributed by atoms with Crippen LogP contribution in [0.2, 0.25) is 0 Å². The van der Waals surface area contributed by atoms with Crippen LogP contribution in [0.1, 0.15) is 94.6 Å². The molecule has 2 aliphatic heterocycles. The molecule has 0 radical (unpaired) electrons. The number of carboxylic acid groups (broad SMARTS) is 1. The molecule has 37 heavy (non-hydrogen) atoms. The number of likely N-dealkylation sites (tertiary alicyclic amines) is 1. The molecule has 3 heterocycles. The van der Waals surface area contributed by atoms with Crippen LogP contribution < -0.4 is 4.90 Å². The summed E-state index contributed by atoms with van der Waals surface area (Å²) < 4.78 is 5.38. The highest BCUT2D eigenvalue weighted by Crippen LogP contribution is 2.30. The molecule has 2 unspecified atom stereocenters. The summed E-state index contributed by atoms with van der Waals surface area (Å²) in [4.78, 5) is 36.6. The monoisotopic (exact) mass is 534 g/mol. The van der Waals surface area contributed by atoms with E-state index in [2.05, 4.69) is 30.7 Å². The number of anilines is 1. The molecule has 1 aromatic rings. The molecule has 0 aromatic carbocycles. The number of carboxylic acids is 1. The minimum absolute atomic E-state index is 0.00263. The van der Waals surface area contributed by atoms with Gasteiger partial charge in [-0.15, -0.1) is 11.3 Å². The number of rotatable bonds is 5. The molecular formula is C29H46N2O5S. The molecule has 2 bridgehead atoms. The van der Waals surface area contributed by atoms with E-state index in [0.717, 1.165) is 41.3 Å². The van der Waals surface area contributed by atoms with E-state index in [4.69, 9.17) is 9.84 Å². The maximum Gasteiger partial charge on any atom is 0.348 e. The van der Waals surface area contributed by atoms with Crippen molar-refractivity contribution < 1.29 is 24.2 Å². The van der Waals surface area contributed by atoms with Crippen molar-refractivity contribution in [2.24, 2.45) is 11.3 Å². The van der Waals surface area contributed by atoms with Crippen LogP contribution in [-0.2, 0) is 14.3 Å². The number of likely N-dealkylation sites (N-methyl/N-ethyl adjacent to an activating group) is 1. The summed E-state index contributed by atoms with van der Waals surface area (Å²) in [6.45, 7) is 14.1. The number of hydrogen-bond donors (Lipinski definition) is 1. The normalized spacial score (nSPS) is 20.5. The molecule has 4 rings (SSSR count). The second kappa shape index (κ2) is 16.6. The maximum atomic E-state index is 11.2. The Hall–Kier alpha value is -2.21. The number of thiophene rings is 1. The van der Waals surface area contributed by atoms with Crippen LogP contribution >= 0.6 is 11.3 Å². The van der Waals surface area contributed by atoms with Gasteiger partial charge in [0, 0.05) is 18.0 Å². The van der Waals surface area contributed by atoms with Gasteiger partial charge in [-0.25, -0.2) is 4.79 Å². The van der Waals surface area contributed by atoms with Crippen LogP contribution in [0.25, 0.3) is 0 Å². The molecule has 1 aliphatic carbocycles. The fourth-order valence-electron chi connectivity index (χ4n) is 4.24. The lowest BCUT2D eigenvalue weighted by Crippen LogP contribution is -2.33. The van der Waals surface area contributed by atoms with Gasteiger partial charge in [-0.2, -0.15) is 0 Å². The van der Waals surface area contributed by atoms with Crippen molar-refractivity contribution >= 4 is 35.7 Å². The first-order valence-electron chi connectivity index (χ1n) is 13.4. The fourth-order valence-corrected chi connectivity index (χ4v) is 5.10. The van der Waals surface area contributed by atoms with Gasteiger partial charge in [0.15, 0.2) is 0 Å². The Bertz CT molecular complexity index is 904. The third kappa shape index (κ3) is 11.8. The predicted octanol–water partition coefficient (Wildman–Crippen LogP) is 5.71. The Kier molecular flexibility index (Phi) is 14.7. The molecule has 2 saturated heterocycles. The van der Waals surface area contributed by atoms with Crippen LogP contribution in [0.3, 0.4) is 0 Å². The van der Waals surface area contributed by atoms with Gasteiger partial charge in [-0.1, -0.05) is 64.7 Å². The lowest BCUT2D eigenvalue weighted by atomic mass is 9.91. The van der Waals surface area contributed by atoms with Crippen molar-refractivity contribution in [3.63, 3.8) is 0 Å². The molecule has 2 atom stereocenters. The van der Waals surface area contributed by atoms with Gasteiger partial charge in [0.05, 0.1) is 29.8 Å². The van der Waals surface area contributed by atoms with Gasteiger partial charge in [0.2, 0.25) is 6.41 Å². The first kappa shape index (κ1) is 32.8. The second-order valence-corrected chi connectivity index (χ2v) is 11.6. The number of amides is 1. The van der Waals surface area contributed by atoms with Crippen LogP contribution in [0.15, 0.2) is 6.07 Å². The molecule has 1 saturated carbocycles. The van der Waals surface area contributed by atoms with Crippen molar-refractivity contribution in [1.82, 2.24) is 4.90 Å². The van der Waals surface area contributed by atoms with Gasteiger partial charge in [0.1, 0.15) is 11.2 Å². The third-order valence-corrected chi connectivity index (χ3v) is 7.27. The van der Waals surface area contributed by atoms with Crippen molar-refractivity contribution in [1.29, 1.82) is 0 Å². The number of nitrogens with zero attached hydrogens (tertiary/aromatic N) is 2. The topological polar surface area (TPSA) is 87.2 Å². The number of carbonyl (C=O) groups is 3. The third-order valence-electron chi connectivity index (χ3n) is 6.24. The van der Waals surface area contributed by atoms with Crippen LogP contribution in [-0.4, -0.2) is 67.6 Å². The Morgan fingerprint density at radius 2 is 1.89 bits per heavy atom. The molecule has 3 aliphatic rings. The highest BCUT2D eigenvalue weighted by molar-refractivity contribution is 7.15. The SMILES string of the molecule is CC.CC(C)(C)C#Cc1cc(N(C=O)CC=O)c(C(=O)O)s1.CC1CCCCC1.CN1CC2CC1CO2. The Balaban J connectivity index is 0.000000324. The molecule has 1 amide bonds. The minimum Gasteiger partial charge on any atom is -0.477 e. The predicted molar refractivity (Wildman–Crippen MR) is 151 cm³/mol. The highest BCUT2D eigenvalue weighted by Gasteiger charge is 2.36. The van der Waals surface area contributed by atoms with Crippen molar-refractivity contribution in [2.45, 2.75) is 92.2 Å². The Labute approximate surface area is 227 Å². The summed E-state index contributed by atoms with van der Waals surface area (Å²) in [5.74, 6) is 5.78. The summed E-state index contributed by atoms with van der Waals surface area (Å²) in [6.07, 6.45) is 10.3. The van der Waals surface area contributed by atoms with E-state index in [9.17, 15) is 14.4 Å². The van der Waals surface area contributed by atoms with Crippen LogP contribution in [0.4, 0.5) is 5.69 Å². The fraction of sp³-hybridized carbons (Fsp3) is 0.690. The van der Waals surface area contributed by atoms with E-state index in [-0.39, 0.29) is 22.5 Å². The van der Waals surface area contributed by atoms with E-state index < -0.39 is 5.97 Å². The van der Waals surface area contributed by atoms with Crippen LogP contribution in [0, 0.1) is 23.2 Å². The van der Waals surface area contributed by atoms with E-state index in [1.165, 1.54) is 44.6 Å².